The van der Waals surface area contributed by atoms with E-state index in [0.717, 1.165) is 68.2 Å². The molecule has 1 aromatic heterocycles. The number of unbranched alkanes of at least 4 members (excludes halogenated alkanes) is 1. The van der Waals surface area contributed by atoms with Gasteiger partial charge in [-0.3, -0.25) is 14.7 Å². The van der Waals surface area contributed by atoms with Crippen LogP contribution in [0.4, 0.5) is 11.4 Å². The molecule has 1 fully saturated rings. The number of nitrogens with one attached hydrogen (secondary N) is 1. The summed E-state index contributed by atoms with van der Waals surface area (Å²) < 4.78 is 0. The first-order chi connectivity index (χ1) is 16.2. The van der Waals surface area contributed by atoms with Gasteiger partial charge in [-0.25, -0.2) is 0 Å². The molecule has 6 nitrogen and oxygen atoms in total. The van der Waals surface area contributed by atoms with Gasteiger partial charge in [0.2, 0.25) is 5.91 Å². The number of pyridine rings is 1. The van der Waals surface area contributed by atoms with E-state index in [0.29, 0.717) is 12.0 Å². The van der Waals surface area contributed by atoms with Crippen molar-refractivity contribution in [3.05, 3.63) is 78.5 Å². The summed E-state index contributed by atoms with van der Waals surface area (Å²) in [6.45, 7) is 4.95. The molecule has 2 aromatic carbocycles. The molecule has 168 valence electrons. The van der Waals surface area contributed by atoms with Gasteiger partial charge in [0.15, 0.2) is 0 Å². The molecule has 1 aliphatic rings. The number of carbonyl (C=O) groups excluding carboxylic acids is 1. The molecule has 0 aliphatic carbocycles. The Labute approximate surface area is 195 Å². The molecular weight excluding hydrogens is 410 g/mol. The molecular formula is C27H29N5O. The maximum absolute atomic E-state index is 12.3. The first kappa shape index (κ1) is 22.5. The minimum atomic E-state index is 0.0581. The van der Waals surface area contributed by atoms with Crippen LogP contribution in [0.5, 0.6) is 0 Å². The fraction of sp³-hybridized carbons (Fsp3) is 0.296. The molecule has 33 heavy (non-hydrogen) atoms. The van der Waals surface area contributed by atoms with E-state index < -0.39 is 0 Å². The van der Waals surface area contributed by atoms with Gasteiger partial charge < -0.3 is 10.2 Å². The van der Waals surface area contributed by atoms with Gasteiger partial charge in [0.1, 0.15) is 0 Å². The molecule has 0 spiro atoms. The number of piperazine rings is 1. The maximum atomic E-state index is 12.3. The normalized spacial score (nSPS) is 14.0. The van der Waals surface area contributed by atoms with Gasteiger partial charge in [-0.15, -0.1) is 0 Å². The molecule has 1 saturated heterocycles. The molecule has 0 radical (unpaired) electrons. The Kier molecular flexibility index (Phi) is 7.68. The third-order valence-corrected chi connectivity index (χ3v) is 5.97. The SMILES string of the molecule is N#Cc1cccc(N2CCN(CCCCC(=O)Nc3ccc(-c4ccccn4)cc3)CC2)c1. The Morgan fingerprint density at radius 1 is 0.970 bits per heavy atom. The Hall–Kier alpha value is -3.69. The maximum Gasteiger partial charge on any atom is 0.224 e. The molecule has 4 rings (SSSR count). The van der Waals surface area contributed by atoms with Crippen LogP contribution in [0.15, 0.2) is 72.9 Å². The second-order valence-electron chi connectivity index (χ2n) is 8.29. The molecule has 1 aliphatic heterocycles. The van der Waals surface area contributed by atoms with Gasteiger partial charge in [0, 0.05) is 55.7 Å². The number of anilines is 2. The van der Waals surface area contributed by atoms with Crippen LogP contribution in [0, 0.1) is 11.3 Å². The first-order valence-electron chi connectivity index (χ1n) is 11.5. The molecule has 0 bridgehead atoms. The fourth-order valence-corrected chi connectivity index (χ4v) is 4.10. The number of hydrogen-bond donors (Lipinski definition) is 1. The van der Waals surface area contributed by atoms with Crippen LogP contribution in [-0.2, 0) is 4.79 Å². The minimum Gasteiger partial charge on any atom is -0.369 e. The van der Waals surface area contributed by atoms with E-state index in [1.54, 1.807) is 6.20 Å². The summed E-state index contributed by atoms with van der Waals surface area (Å²) >= 11 is 0. The van der Waals surface area contributed by atoms with Crippen molar-refractivity contribution in [3.8, 4) is 17.3 Å². The van der Waals surface area contributed by atoms with Gasteiger partial charge >= 0.3 is 0 Å². The van der Waals surface area contributed by atoms with Crippen LogP contribution in [0.3, 0.4) is 0 Å². The number of benzene rings is 2. The molecule has 1 amide bonds. The highest BCUT2D eigenvalue weighted by Gasteiger charge is 2.17. The quantitative estimate of drug-likeness (QED) is 0.521. The third kappa shape index (κ3) is 6.41. The van der Waals surface area contributed by atoms with Gasteiger partial charge in [0.05, 0.1) is 17.3 Å². The van der Waals surface area contributed by atoms with Crippen molar-refractivity contribution in [2.24, 2.45) is 0 Å². The number of nitrogens with zero attached hydrogens (tertiary/aromatic N) is 4. The summed E-state index contributed by atoms with van der Waals surface area (Å²) in [5.41, 5.74) is 4.60. The number of carbonyl (C=O) groups is 1. The lowest BCUT2D eigenvalue weighted by Crippen LogP contribution is -2.46. The molecule has 1 N–H and O–H groups in total. The largest absolute Gasteiger partial charge is 0.369 e. The lowest BCUT2D eigenvalue weighted by Gasteiger charge is -2.36. The Bertz CT molecular complexity index is 1080. The Balaban J connectivity index is 1.13. The van der Waals surface area contributed by atoms with Crippen LogP contribution < -0.4 is 10.2 Å². The lowest BCUT2D eigenvalue weighted by atomic mass is 10.1. The minimum absolute atomic E-state index is 0.0581. The summed E-state index contributed by atoms with van der Waals surface area (Å²) in [6, 6.07) is 23.7. The molecule has 6 heteroatoms. The van der Waals surface area contributed by atoms with E-state index >= 15 is 0 Å². The predicted octanol–water partition coefficient (Wildman–Crippen LogP) is 4.55. The molecule has 3 aromatic rings. The Morgan fingerprint density at radius 3 is 2.52 bits per heavy atom. The zero-order valence-corrected chi connectivity index (χ0v) is 18.8. The van der Waals surface area contributed by atoms with E-state index in [1.165, 1.54) is 0 Å². The highest BCUT2D eigenvalue weighted by molar-refractivity contribution is 5.90. The van der Waals surface area contributed by atoms with Crippen LogP contribution >= 0.6 is 0 Å². The topological polar surface area (TPSA) is 72.3 Å². The summed E-state index contributed by atoms with van der Waals surface area (Å²) in [5.74, 6) is 0.0581. The van der Waals surface area contributed by atoms with Crippen molar-refractivity contribution < 1.29 is 4.79 Å². The van der Waals surface area contributed by atoms with Crippen molar-refractivity contribution in [1.29, 1.82) is 5.26 Å². The molecule has 2 heterocycles. The number of rotatable bonds is 8. The zero-order chi connectivity index (χ0) is 22.9. The Morgan fingerprint density at radius 2 is 1.79 bits per heavy atom. The zero-order valence-electron chi connectivity index (χ0n) is 18.8. The van der Waals surface area contributed by atoms with Gasteiger partial charge in [0.25, 0.3) is 0 Å². The van der Waals surface area contributed by atoms with Crippen LogP contribution in [0.1, 0.15) is 24.8 Å². The van der Waals surface area contributed by atoms with E-state index in [-0.39, 0.29) is 5.91 Å². The highest BCUT2D eigenvalue weighted by atomic mass is 16.1. The average Bonchev–Trinajstić information content (AvgIpc) is 2.88. The van der Waals surface area contributed by atoms with Crippen molar-refractivity contribution in [1.82, 2.24) is 9.88 Å². The predicted molar refractivity (Wildman–Crippen MR) is 132 cm³/mol. The summed E-state index contributed by atoms with van der Waals surface area (Å²) in [6.07, 6.45) is 4.20. The molecule has 0 saturated carbocycles. The van der Waals surface area contributed by atoms with E-state index in [1.807, 2.05) is 60.7 Å². The summed E-state index contributed by atoms with van der Waals surface area (Å²) in [5, 5.41) is 12.1. The second-order valence-corrected chi connectivity index (χ2v) is 8.29. The standard InChI is InChI=1S/C27H29N5O/c28-21-22-6-5-7-25(20-22)32-18-16-31(17-19-32)15-4-2-9-27(33)30-24-12-10-23(11-13-24)26-8-1-3-14-29-26/h1,3,5-8,10-14,20H,2,4,9,15-19H2,(H,30,33). The van der Waals surface area contributed by atoms with Gasteiger partial charge in [-0.1, -0.05) is 24.3 Å². The number of aromatic nitrogens is 1. The van der Waals surface area contributed by atoms with Crippen molar-refractivity contribution in [2.75, 3.05) is 42.9 Å². The van der Waals surface area contributed by atoms with E-state index in [9.17, 15) is 4.79 Å². The smallest absolute Gasteiger partial charge is 0.224 e. The van der Waals surface area contributed by atoms with Gasteiger partial charge in [-0.2, -0.15) is 5.26 Å². The number of hydrogen-bond acceptors (Lipinski definition) is 5. The summed E-state index contributed by atoms with van der Waals surface area (Å²) in [4.78, 5) is 21.4. The van der Waals surface area contributed by atoms with Crippen molar-refractivity contribution in [3.63, 3.8) is 0 Å². The van der Waals surface area contributed by atoms with E-state index in [2.05, 4.69) is 32.2 Å². The lowest BCUT2D eigenvalue weighted by molar-refractivity contribution is -0.116. The highest BCUT2D eigenvalue weighted by Crippen LogP contribution is 2.20. The van der Waals surface area contributed by atoms with Crippen molar-refractivity contribution >= 4 is 17.3 Å². The van der Waals surface area contributed by atoms with Crippen molar-refractivity contribution in [2.45, 2.75) is 19.3 Å². The van der Waals surface area contributed by atoms with Crippen LogP contribution in [0.25, 0.3) is 11.3 Å². The molecule has 0 atom stereocenters. The monoisotopic (exact) mass is 439 g/mol. The fourth-order valence-electron chi connectivity index (χ4n) is 4.10. The second kappa shape index (κ2) is 11.3. The third-order valence-electron chi connectivity index (χ3n) is 5.97. The van der Waals surface area contributed by atoms with E-state index in [4.69, 9.17) is 5.26 Å². The first-order valence-corrected chi connectivity index (χ1v) is 11.5. The number of amides is 1. The number of nitriles is 1. The van der Waals surface area contributed by atoms with Crippen LogP contribution in [0.2, 0.25) is 0 Å². The van der Waals surface area contributed by atoms with Gasteiger partial charge in [-0.05, 0) is 61.9 Å². The van der Waals surface area contributed by atoms with Crippen LogP contribution in [-0.4, -0.2) is 48.5 Å². The molecule has 0 unspecified atom stereocenters. The average molecular weight is 440 g/mol. The summed E-state index contributed by atoms with van der Waals surface area (Å²) in [7, 11) is 0.